The second-order valence-electron chi connectivity index (χ2n) is 7.20. The Bertz CT molecular complexity index is 1130. The molecule has 5 nitrogen and oxygen atoms in total. The van der Waals surface area contributed by atoms with Crippen molar-refractivity contribution in [2.75, 3.05) is 11.2 Å². The quantitative estimate of drug-likeness (QED) is 0.480. The van der Waals surface area contributed by atoms with Crippen LogP contribution in [0, 0.1) is 0 Å². The smallest absolute Gasteiger partial charge is 0.262 e. The molecular formula is C24H18N2O3S. The highest BCUT2D eigenvalue weighted by Gasteiger charge is 2.67. The Morgan fingerprint density at radius 3 is 1.77 bits per heavy atom. The molecule has 148 valence electrons. The van der Waals surface area contributed by atoms with Crippen molar-refractivity contribution in [3.05, 3.63) is 102 Å². The van der Waals surface area contributed by atoms with Gasteiger partial charge in [-0.2, -0.15) is 0 Å². The Balaban J connectivity index is 1.68. The van der Waals surface area contributed by atoms with E-state index in [0.717, 1.165) is 16.2 Å². The van der Waals surface area contributed by atoms with Crippen molar-refractivity contribution >= 4 is 35.2 Å². The highest BCUT2D eigenvalue weighted by atomic mass is 32.2. The van der Waals surface area contributed by atoms with E-state index in [0.29, 0.717) is 11.1 Å². The van der Waals surface area contributed by atoms with Gasteiger partial charge in [0.25, 0.3) is 17.7 Å². The van der Waals surface area contributed by atoms with Gasteiger partial charge in [-0.05, 0) is 36.1 Å². The number of fused-ring (bicyclic) bond motifs is 1. The average Bonchev–Trinajstić information content (AvgIpc) is 3.04. The number of para-hydroxylation sites is 1. The fraction of sp³-hybridized carbons (Fsp3) is 0.125. The highest BCUT2D eigenvalue weighted by molar-refractivity contribution is 7.99. The fourth-order valence-corrected chi connectivity index (χ4v) is 5.60. The van der Waals surface area contributed by atoms with Gasteiger partial charge in [-0.1, -0.05) is 60.7 Å². The molecule has 0 aliphatic carbocycles. The lowest BCUT2D eigenvalue weighted by Crippen LogP contribution is -2.76. The van der Waals surface area contributed by atoms with Gasteiger partial charge >= 0.3 is 0 Å². The molecule has 1 fully saturated rings. The molecule has 3 aromatic rings. The molecule has 3 aromatic carbocycles. The first-order valence-corrected chi connectivity index (χ1v) is 10.8. The molecule has 2 heterocycles. The molecule has 1 saturated heterocycles. The molecule has 0 bridgehead atoms. The Kier molecular flexibility index (Phi) is 4.25. The van der Waals surface area contributed by atoms with E-state index in [-0.39, 0.29) is 5.91 Å². The third-order valence-electron chi connectivity index (χ3n) is 5.75. The maximum Gasteiger partial charge on any atom is 0.262 e. The van der Waals surface area contributed by atoms with Gasteiger partial charge in [-0.15, -0.1) is 11.8 Å². The number of rotatable bonds is 4. The highest BCUT2D eigenvalue weighted by Crippen LogP contribution is 2.54. The summed E-state index contributed by atoms with van der Waals surface area (Å²) in [5.74, 6) is -1.11. The van der Waals surface area contributed by atoms with Crippen molar-refractivity contribution in [3.63, 3.8) is 0 Å². The van der Waals surface area contributed by atoms with Crippen LogP contribution in [0.15, 0.2) is 84.9 Å². The number of carbonyl (C=O) groups excluding carboxylic acids is 3. The summed E-state index contributed by atoms with van der Waals surface area (Å²) in [6.07, 6.45) is 1.90. The van der Waals surface area contributed by atoms with Gasteiger partial charge in [-0.25, -0.2) is 0 Å². The Morgan fingerprint density at radius 2 is 1.23 bits per heavy atom. The lowest BCUT2D eigenvalue weighted by molar-refractivity contribution is -0.131. The van der Waals surface area contributed by atoms with Crippen LogP contribution in [0.3, 0.4) is 0 Å². The van der Waals surface area contributed by atoms with Crippen LogP contribution >= 0.6 is 11.8 Å². The van der Waals surface area contributed by atoms with Gasteiger partial charge in [0.2, 0.25) is 0 Å². The number of carbonyl (C=O) groups is 3. The minimum atomic E-state index is -0.928. The Hall–Kier alpha value is -3.38. The summed E-state index contributed by atoms with van der Waals surface area (Å²) < 4.78 is 0. The number of β-lactam (4-membered cyclic amide) rings is 1. The first-order chi connectivity index (χ1) is 14.6. The van der Waals surface area contributed by atoms with E-state index in [4.69, 9.17) is 0 Å². The Morgan fingerprint density at radius 1 is 0.733 bits per heavy atom. The molecule has 0 radical (unpaired) electrons. The van der Waals surface area contributed by atoms with Crippen LogP contribution in [0.2, 0.25) is 0 Å². The first kappa shape index (κ1) is 18.6. The standard InChI is InChI=1S/C24H18N2O3S/c1-30-24(16-10-4-2-5-11-16)20(23(29)26(24)17-12-6-3-7-13-17)25-21(27)18-14-8-9-15-19(18)22(25)28/h2-15,20H,1H3. The zero-order valence-corrected chi connectivity index (χ0v) is 17.0. The lowest BCUT2D eigenvalue weighted by Gasteiger charge is -2.58. The van der Waals surface area contributed by atoms with E-state index in [1.807, 2.05) is 66.9 Å². The molecule has 2 aliphatic heterocycles. The second kappa shape index (κ2) is 6.85. The zero-order chi connectivity index (χ0) is 20.9. The van der Waals surface area contributed by atoms with Gasteiger partial charge in [-0.3, -0.25) is 24.2 Å². The molecule has 2 atom stereocenters. The van der Waals surface area contributed by atoms with Gasteiger partial charge in [0.1, 0.15) is 4.87 Å². The third-order valence-corrected chi connectivity index (χ3v) is 7.02. The minimum Gasteiger partial charge on any atom is -0.288 e. The zero-order valence-electron chi connectivity index (χ0n) is 16.2. The van der Waals surface area contributed by atoms with Crippen molar-refractivity contribution in [1.29, 1.82) is 0 Å². The van der Waals surface area contributed by atoms with Crippen molar-refractivity contribution in [1.82, 2.24) is 4.90 Å². The maximum absolute atomic E-state index is 13.5. The summed E-state index contributed by atoms with van der Waals surface area (Å²) >= 11 is 1.46. The summed E-state index contributed by atoms with van der Waals surface area (Å²) in [7, 11) is 0. The van der Waals surface area contributed by atoms with Crippen LogP contribution in [0.5, 0.6) is 0 Å². The first-order valence-electron chi connectivity index (χ1n) is 9.58. The molecule has 0 aromatic heterocycles. The molecule has 3 amide bonds. The van der Waals surface area contributed by atoms with Crippen molar-refractivity contribution in [3.8, 4) is 0 Å². The van der Waals surface area contributed by atoms with Crippen LogP contribution < -0.4 is 4.90 Å². The monoisotopic (exact) mass is 414 g/mol. The number of hydrogen-bond donors (Lipinski definition) is 0. The average molecular weight is 414 g/mol. The molecular weight excluding hydrogens is 396 g/mol. The normalized spacial score (nSPS) is 22.8. The molecule has 2 aliphatic rings. The third kappa shape index (κ3) is 2.34. The van der Waals surface area contributed by atoms with E-state index in [9.17, 15) is 14.4 Å². The summed E-state index contributed by atoms with van der Waals surface area (Å²) in [5.41, 5.74) is 2.28. The van der Waals surface area contributed by atoms with Gasteiger partial charge in [0, 0.05) is 5.69 Å². The van der Waals surface area contributed by atoms with Gasteiger partial charge in [0.15, 0.2) is 6.04 Å². The number of benzene rings is 3. The largest absolute Gasteiger partial charge is 0.288 e. The summed E-state index contributed by atoms with van der Waals surface area (Å²) in [6.45, 7) is 0. The Labute approximate surface area is 178 Å². The van der Waals surface area contributed by atoms with Gasteiger partial charge < -0.3 is 0 Å². The minimum absolute atomic E-state index is 0.270. The number of imide groups is 1. The van der Waals surface area contributed by atoms with Crippen LogP contribution in [0.25, 0.3) is 0 Å². The van der Waals surface area contributed by atoms with Crippen LogP contribution in [-0.4, -0.2) is 34.9 Å². The predicted octanol–water partition coefficient (Wildman–Crippen LogP) is 3.91. The summed E-state index contributed by atoms with van der Waals surface area (Å²) in [4.78, 5) is 41.8. The number of nitrogens with zero attached hydrogens (tertiary/aromatic N) is 2. The van der Waals surface area contributed by atoms with E-state index < -0.39 is 22.7 Å². The molecule has 0 N–H and O–H groups in total. The molecule has 0 spiro atoms. The van der Waals surface area contributed by atoms with Crippen LogP contribution in [-0.2, 0) is 9.67 Å². The van der Waals surface area contributed by atoms with E-state index >= 15 is 0 Å². The summed E-state index contributed by atoms with van der Waals surface area (Å²) in [5, 5.41) is 0. The molecule has 2 unspecified atom stereocenters. The topological polar surface area (TPSA) is 57.7 Å². The number of thioether (sulfide) groups is 1. The van der Waals surface area contributed by atoms with Crippen LogP contribution in [0.4, 0.5) is 5.69 Å². The van der Waals surface area contributed by atoms with Crippen LogP contribution in [0.1, 0.15) is 26.3 Å². The molecule has 30 heavy (non-hydrogen) atoms. The predicted molar refractivity (Wildman–Crippen MR) is 116 cm³/mol. The fourth-order valence-electron chi connectivity index (χ4n) is 4.42. The second-order valence-corrected chi connectivity index (χ2v) is 8.23. The van der Waals surface area contributed by atoms with Gasteiger partial charge in [0.05, 0.1) is 11.1 Å². The van der Waals surface area contributed by atoms with Crippen molar-refractivity contribution < 1.29 is 14.4 Å². The molecule has 6 heteroatoms. The van der Waals surface area contributed by atoms with Crippen molar-refractivity contribution in [2.24, 2.45) is 0 Å². The lowest BCUT2D eigenvalue weighted by atomic mass is 9.85. The maximum atomic E-state index is 13.5. The summed E-state index contributed by atoms with van der Waals surface area (Å²) in [6, 6.07) is 24.7. The number of anilines is 1. The number of hydrogen-bond acceptors (Lipinski definition) is 4. The molecule has 5 rings (SSSR count). The van der Waals surface area contributed by atoms with E-state index in [2.05, 4.69) is 0 Å². The van der Waals surface area contributed by atoms with E-state index in [1.54, 1.807) is 29.2 Å². The SMILES string of the molecule is CSC1(c2ccccc2)C(N2C(=O)c3ccccc3C2=O)C(=O)N1c1ccccc1. The van der Waals surface area contributed by atoms with Crippen molar-refractivity contribution in [2.45, 2.75) is 10.9 Å². The number of amides is 3. The van der Waals surface area contributed by atoms with E-state index in [1.165, 1.54) is 11.8 Å². The molecule has 0 saturated carbocycles.